The van der Waals surface area contributed by atoms with Crippen molar-refractivity contribution >= 4 is 23.5 Å². The van der Waals surface area contributed by atoms with Crippen LogP contribution in [0.25, 0.3) is 0 Å². The Bertz CT molecular complexity index is 985. The highest BCUT2D eigenvalue weighted by molar-refractivity contribution is 7.99. The highest BCUT2D eigenvalue weighted by Crippen LogP contribution is 2.42. The summed E-state index contributed by atoms with van der Waals surface area (Å²) in [6, 6.07) is 5.54. The number of thioether (sulfide) groups is 1. The second-order valence-corrected chi connectivity index (χ2v) is 8.82. The van der Waals surface area contributed by atoms with Crippen molar-refractivity contribution in [2.24, 2.45) is 0 Å². The molecule has 1 aromatic heterocycles. The molecule has 1 N–H and O–H groups in total. The lowest BCUT2D eigenvalue weighted by atomic mass is 9.85. The third-order valence-electron chi connectivity index (χ3n) is 5.63. The van der Waals surface area contributed by atoms with Crippen molar-refractivity contribution in [2.45, 2.75) is 63.6 Å². The lowest BCUT2D eigenvalue weighted by Gasteiger charge is -2.32. The number of unbranched alkanes of at least 4 members (excludes halogenated alkanes) is 2. The molecule has 8 heteroatoms. The molecule has 2 aromatic rings. The lowest BCUT2D eigenvalue weighted by Crippen LogP contribution is -2.31. The van der Waals surface area contributed by atoms with E-state index in [-0.39, 0.29) is 11.8 Å². The number of methoxy groups -OCH3 is 1. The Morgan fingerprint density at radius 2 is 2.10 bits per heavy atom. The van der Waals surface area contributed by atoms with Crippen molar-refractivity contribution in [1.29, 1.82) is 0 Å². The van der Waals surface area contributed by atoms with Crippen LogP contribution in [0.3, 0.4) is 0 Å². The Morgan fingerprint density at radius 1 is 1.23 bits per heavy atom. The first-order valence-electron chi connectivity index (χ1n) is 11.1. The number of allylic oxidation sites excluding steroid dienone is 2. The van der Waals surface area contributed by atoms with Gasteiger partial charge >= 0.3 is 0 Å². The normalized spacial score (nSPS) is 17.8. The summed E-state index contributed by atoms with van der Waals surface area (Å²) in [5, 5.41) is 8.93. The summed E-state index contributed by atoms with van der Waals surface area (Å²) in [4.78, 5) is 17.7. The van der Waals surface area contributed by atoms with Crippen molar-refractivity contribution in [2.75, 3.05) is 24.8 Å². The molecule has 0 unspecified atom stereocenters. The van der Waals surface area contributed by atoms with E-state index in [1.165, 1.54) is 12.8 Å². The second kappa shape index (κ2) is 9.77. The topological polar surface area (TPSA) is 78.3 Å². The van der Waals surface area contributed by atoms with Gasteiger partial charge in [0, 0.05) is 23.4 Å². The number of hydrogen-bond donors (Lipinski definition) is 1. The zero-order chi connectivity index (χ0) is 21.8. The van der Waals surface area contributed by atoms with Crippen LogP contribution in [0.2, 0.25) is 0 Å². The minimum atomic E-state index is -0.318. The number of carbonyl (C=O) groups is 1. The molecule has 31 heavy (non-hydrogen) atoms. The van der Waals surface area contributed by atoms with E-state index in [1.807, 2.05) is 29.8 Å². The van der Waals surface area contributed by atoms with E-state index in [0.717, 1.165) is 47.0 Å². The summed E-state index contributed by atoms with van der Waals surface area (Å²) in [6.07, 6.45) is 5.81. The first kappa shape index (κ1) is 21.7. The quantitative estimate of drug-likeness (QED) is 0.433. The maximum Gasteiger partial charge on any atom is 0.227 e. The minimum absolute atomic E-state index is 0.171. The van der Waals surface area contributed by atoms with Crippen LogP contribution in [0.4, 0.5) is 5.95 Å². The SMILES string of the molecule is CCCCCSc1nc2n(n1)[C@@H](c1ccc(OCC)c(OC)c1)C1=C(CCCC1=O)N2. The van der Waals surface area contributed by atoms with Crippen LogP contribution >= 0.6 is 11.8 Å². The number of benzene rings is 1. The number of nitrogens with zero attached hydrogens (tertiary/aromatic N) is 3. The van der Waals surface area contributed by atoms with Crippen molar-refractivity contribution in [3.05, 3.63) is 35.0 Å². The van der Waals surface area contributed by atoms with Crippen LogP contribution in [-0.4, -0.2) is 40.0 Å². The Hall–Kier alpha value is -2.48. The van der Waals surface area contributed by atoms with E-state index in [9.17, 15) is 4.79 Å². The van der Waals surface area contributed by atoms with E-state index in [4.69, 9.17) is 19.6 Å². The zero-order valence-electron chi connectivity index (χ0n) is 18.4. The van der Waals surface area contributed by atoms with Crippen LogP contribution in [0.15, 0.2) is 34.6 Å². The molecule has 0 amide bonds. The number of ketones is 1. The van der Waals surface area contributed by atoms with Gasteiger partial charge in [-0.25, -0.2) is 4.68 Å². The molecule has 1 atom stereocenters. The number of hydrogen-bond acceptors (Lipinski definition) is 7. The molecule has 0 saturated carbocycles. The fourth-order valence-electron chi connectivity index (χ4n) is 4.15. The van der Waals surface area contributed by atoms with Gasteiger partial charge < -0.3 is 14.8 Å². The summed E-state index contributed by atoms with van der Waals surface area (Å²) in [7, 11) is 1.63. The Morgan fingerprint density at radius 3 is 2.87 bits per heavy atom. The van der Waals surface area contributed by atoms with Gasteiger partial charge in [-0.3, -0.25) is 4.79 Å². The van der Waals surface area contributed by atoms with Gasteiger partial charge in [-0.1, -0.05) is 37.6 Å². The molecular weight excluding hydrogens is 412 g/mol. The van der Waals surface area contributed by atoms with E-state index in [1.54, 1.807) is 18.9 Å². The fraction of sp³-hybridized carbons (Fsp3) is 0.522. The van der Waals surface area contributed by atoms with Crippen molar-refractivity contribution in [1.82, 2.24) is 14.8 Å². The van der Waals surface area contributed by atoms with Crippen molar-refractivity contribution < 1.29 is 14.3 Å². The predicted molar refractivity (Wildman–Crippen MR) is 122 cm³/mol. The third kappa shape index (κ3) is 4.44. The van der Waals surface area contributed by atoms with Gasteiger partial charge in [-0.05, 0) is 43.9 Å². The lowest BCUT2D eigenvalue weighted by molar-refractivity contribution is -0.116. The van der Waals surface area contributed by atoms with Gasteiger partial charge in [0.15, 0.2) is 17.3 Å². The monoisotopic (exact) mass is 442 g/mol. The van der Waals surface area contributed by atoms with Crippen LogP contribution in [0.5, 0.6) is 11.5 Å². The van der Waals surface area contributed by atoms with Gasteiger partial charge in [0.2, 0.25) is 11.1 Å². The van der Waals surface area contributed by atoms with Crippen LogP contribution in [-0.2, 0) is 4.79 Å². The van der Waals surface area contributed by atoms with E-state index >= 15 is 0 Å². The number of rotatable bonds is 9. The van der Waals surface area contributed by atoms with E-state index in [2.05, 4.69) is 12.2 Å². The number of Topliss-reactive ketones (excluding diaryl/α,β-unsaturated/α-hetero) is 1. The number of fused-ring (bicyclic) bond motifs is 1. The molecule has 2 aliphatic rings. The van der Waals surface area contributed by atoms with E-state index in [0.29, 0.717) is 30.5 Å². The number of ether oxygens (including phenoxy) is 2. The molecule has 0 fully saturated rings. The van der Waals surface area contributed by atoms with Crippen molar-refractivity contribution in [3.63, 3.8) is 0 Å². The van der Waals surface area contributed by atoms with Crippen LogP contribution < -0.4 is 14.8 Å². The van der Waals surface area contributed by atoms with E-state index < -0.39 is 0 Å². The maximum absolute atomic E-state index is 13.0. The average molecular weight is 443 g/mol. The molecule has 7 nitrogen and oxygen atoms in total. The summed E-state index contributed by atoms with van der Waals surface area (Å²) in [5.74, 6) is 3.21. The molecule has 1 aromatic carbocycles. The first-order chi connectivity index (χ1) is 15.2. The zero-order valence-corrected chi connectivity index (χ0v) is 19.3. The molecule has 2 heterocycles. The highest BCUT2D eigenvalue weighted by atomic mass is 32.2. The van der Waals surface area contributed by atoms with Crippen LogP contribution in [0, 0.1) is 0 Å². The largest absolute Gasteiger partial charge is 0.493 e. The van der Waals surface area contributed by atoms with Crippen molar-refractivity contribution in [3.8, 4) is 11.5 Å². The minimum Gasteiger partial charge on any atom is -0.493 e. The predicted octanol–water partition coefficient (Wildman–Crippen LogP) is 4.99. The molecular formula is C23H30N4O3S. The molecule has 0 saturated heterocycles. The number of carbonyl (C=O) groups excluding carboxylic acids is 1. The summed E-state index contributed by atoms with van der Waals surface area (Å²) in [6.45, 7) is 4.70. The number of anilines is 1. The summed E-state index contributed by atoms with van der Waals surface area (Å²) >= 11 is 1.67. The molecule has 1 aliphatic heterocycles. The summed E-state index contributed by atoms with van der Waals surface area (Å²) in [5.41, 5.74) is 2.70. The number of aromatic nitrogens is 3. The molecule has 1 aliphatic carbocycles. The smallest absolute Gasteiger partial charge is 0.227 e. The molecule has 166 valence electrons. The second-order valence-electron chi connectivity index (χ2n) is 7.76. The van der Waals surface area contributed by atoms with Gasteiger partial charge in [-0.15, -0.1) is 5.10 Å². The average Bonchev–Trinajstić information content (AvgIpc) is 3.18. The maximum atomic E-state index is 13.0. The fourth-order valence-corrected chi connectivity index (χ4v) is 4.98. The van der Waals surface area contributed by atoms with Gasteiger partial charge in [0.1, 0.15) is 6.04 Å². The molecule has 0 spiro atoms. The molecule has 0 radical (unpaired) electrons. The number of nitrogens with one attached hydrogen (secondary N) is 1. The van der Waals surface area contributed by atoms with Gasteiger partial charge in [0.25, 0.3) is 0 Å². The molecule has 0 bridgehead atoms. The highest BCUT2D eigenvalue weighted by Gasteiger charge is 2.37. The third-order valence-corrected chi connectivity index (χ3v) is 6.55. The molecule has 4 rings (SSSR count). The Kier molecular flexibility index (Phi) is 6.85. The standard InChI is InChI=1S/C23H30N4O3S/c1-4-6-7-13-31-23-25-22-24-16-9-8-10-17(28)20(16)21(27(22)26-23)15-11-12-18(30-5-2)19(14-15)29-3/h11-12,14,21H,4-10,13H2,1-3H3,(H,24,25,26)/t21-/m0/s1. The van der Waals surface area contributed by atoms with Gasteiger partial charge in [-0.2, -0.15) is 4.98 Å². The first-order valence-corrected chi connectivity index (χ1v) is 12.1. The Labute approximate surface area is 187 Å². The van der Waals surface area contributed by atoms with Crippen LogP contribution in [0.1, 0.15) is 64.0 Å². The Balaban J connectivity index is 1.73. The summed E-state index contributed by atoms with van der Waals surface area (Å²) < 4.78 is 13.1. The van der Waals surface area contributed by atoms with Gasteiger partial charge in [0.05, 0.1) is 13.7 Å².